The highest BCUT2D eigenvalue weighted by Crippen LogP contribution is 2.27. The average Bonchev–Trinajstić information content (AvgIpc) is 3.23. The lowest BCUT2D eigenvalue weighted by molar-refractivity contribution is -0.149. The summed E-state index contributed by atoms with van der Waals surface area (Å²) in [6.45, 7) is 0. The van der Waals surface area contributed by atoms with Crippen molar-refractivity contribution >= 4 is 17.8 Å². The molecule has 29 heavy (non-hydrogen) atoms. The third kappa shape index (κ3) is 5.42. The maximum absolute atomic E-state index is 13.1. The molecule has 0 bridgehead atoms. The number of rotatable bonds is 8. The van der Waals surface area contributed by atoms with Gasteiger partial charge in [-0.1, -0.05) is 60.7 Å². The van der Waals surface area contributed by atoms with Crippen LogP contribution in [0, 0.1) is 0 Å². The summed E-state index contributed by atoms with van der Waals surface area (Å²) in [6.07, 6.45) is 0.927. The standard InChI is InChI=1S/C23H21NO5/c25-21(14-17-8-3-1-4-9-17)24(22(26)15-18-10-5-2-6-11-18)19(16-23(27)28)20-12-7-13-29-20/h1-13,19H,14-16H2,(H,27,28). The van der Waals surface area contributed by atoms with Gasteiger partial charge in [-0.2, -0.15) is 0 Å². The van der Waals surface area contributed by atoms with Crippen molar-refractivity contribution in [1.82, 2.24) is 4.90 Å². The number of carbonyl (C=O) groups excluding carboxylic acids is 2. The van der Waals surface area contributed by atoms with Gasteiger partial charge in [0.15, 0.2) is 0 Å². The van der Waals surface area contributed by atoms with Crippen molar-refractivity contribution in [3.63, 3.8) is 0 Å². The molecule has 6 heteroatoms. The van der Waals surface area contributed by atoms with Crippen molar-refractivity contribution in [2.75, 3.05) is 0 Å². The van der Waals surface area contributed by atoms with E-state index in [-0.39, 0.29) is 18.6 Å². The summed E-state index contributed by atoms with van der Waals surface area (Å²) in [7, 11) is 0. The van der Waals surface area contributed by atoms with Gasteiger partial charge in [-0.15, -0.1) is 0 Å². The SMILES string of the molecule is O=C(O)CC(c1ccco1)N(C(=O)Cc1ccccc1)C(=O)Cc1ccccc1. The number of hydrogen-bond acceptors (Lipinski definition) is 4. The Morgan fingerprint density at radius 3 is 1.72 bits per heavy atom. The zero-order valence-electron chi connectivity index (χ0n) is 15.7. The third-order valence-electron chi connectivity index (χ3n) is 4.48. The third-order valence-corrected chi connectivity index (χ3v) is 4.48. The molecule has 0 saturated heterocycles. The highest BCUT2D eigenvalue weighted by Gasteiger charge is 2.34. The topological polar surface area (TPSA) is 87.8 Å². The normalized spacial score (nSPS) is 11.6. The second-order valence-corrected chi connectivity index (χ2v) is 6.61. The van der Waals surface area contributed by atoms with Crippen LogP contribution in [-0.4, -0.2) is 27.8 Å². The number of carboxylic acids is 1. The van der Waals surface area contributed by atoms with E-state index in [9.17, 15) is 19.5 Å². The van der Waals surface area contributed by atoms with Gasteiger partial charge in [0.05, 0.1) is 25.5 Å². The monoisotopic (exact) mass is 391 g/mol. The van der Waals surface area contributed by atoms with Gasteiger partial charge in [0.2, 0.25) is 11.8 Å². The van der Waals surface area contributed by atoms with Crippen LogP contribution in [0.2, 0.25) is 0 Å². The van der Waals surface area contributed by atoms with Crippen LogP contribution in [-0.2, 0) is 27.2 Å². The lowest BCUT2D eigenvalue weighted by atomic mass is 10.0. The Kier molecular flexibility index (Phi) is 6.58. The fourth-order valence-corrected chi connectivity index (χ4v) is 3.16. The number of imide groups is 1. The number of carboxylic acid groups (broad SMARTS) is 1. The van der Waals surface area contributed by atoms with E-state index in [1.165, 1.54) is 6.26 Å². The Labute approximate surface area is 168 Å². The maximum Gasteiger partial charge on any atom is 0.305 e. The number of amides is 2. The van der Waals surface area contributed by atoms with E-state index in [4.69, 9.17) is 4.42 Å². The molecular weight excluding hydrogens is 370 g/mol. The van der Waals surface area contributed by atoms with Crippen LogP contribution in [0.25, 0.3) is 0 Å². The molecule has 0 spiro atoms. The Bertz CT molecular complexity index is 898. The van der Waals surface area contributed by atoms with E-state index in [0.29, 0.717) is 0 Å². The Hall–Kier alpha value is -3.67. The van der Waals surface area contributed by atoms with Crippen LogP contribution in [0.3, 0.4) is 0 Å². The van der Waals surface area contributed by atoms with Gasteiger partial charge in [-0.05, 0) is 23.3 Å². The number of aliphatic carboxylic acids is 1. The van der Waals surface area contributed by atoms with Crippen molar-refractivity contribution in [2.24, 2.45) is 0 Å². The predicted molar refractivity (Wildman–Crippen MR) is 106 cm³/mol. The van der Waals surface area contributed by atoms with Crippen molar-refractivity contribution in [2.45, 2.75) is 25.3 Å². The largest absolute Gasteiger partial charge is 0.481 e. The molecule has 1 heterocycles. The van der Waals surface area contributed by atoms with E-state index in [1.807, 2.05) is 12.1 Å². The lowest BCUT2D eigenvalue weighted by Gasteiger charge is -2.28. The summed E-state index contributed by atoms with van der Waals surface area (Å²) in [6, 6.07) is 20.2. The number of nitrogens with zero attached hydrogens (tertiary/aromatic N) is 1. The maximum atomic E-state index is 13.1. The summed E-state index contributed by atoms with van der Waals surface area (Å²) in [4.78, 5) is 38.8. The van der Waals surface area contributed by atoms with Gasteiger partial charge >= 0.3 is 5.97 Å². The second kappa shape index (κ2) is 9.50. The average molecular weight is 391 g/mol. The van der Waals surface area contributed by atoms with Gasteiger partial charge < -0.3 is 9.52 Å². The van der Waals surface area contributed by atoms with E-state index >= 15 is 0 Å². The second-order valence-electron chi connectivity index (χ2n) is 6.61. The summed E-state index contributed by atoms with van der Waals surface area (Å²) in [5.74, 6) is -1.81. The van der Waals surface area contributed by atoms with Gasteiger partial charge in [-0.25, -0.2) is 0 Å². The van der Waals surface area contributed by atoms with Crippen LogP contribution >= 0.6 is 0 Å². The first-order chi connectivity index (χ1) is 14.0. The Balaban J connectivity index is 1.93. The number of furan rings is 1. The van der Waals surface area contributed by atoms with Crippen LogP contribution in [0.15, 0.2) is 83.5 Å². The molecule has 148 valence electrons. The van der Waals surface area contributed by atoms with Crippen molar-refractivity contribution < 1.29 is 23.9 Å². The quantitative estimate of drug-likeness (QED) is 0.633. The first kappa shape index (κ1) is 20.1. The molecule has 2 aromatic carbocycles. The minimum atomic E-state index is -1.13. The molecule has 0 aliphatic rings. The molecule has 1 unspecified atom stereocenters. The molecule has 0 aliphatic heterocycles. The molecule has 0 saturated carbocycles. The van der Waals surface area contributed by atoms with Crippen molar-refractivity contribution in [1.29, 1.82) is 0 Å². The van der Waals surface area contributed by atoms with E-state index in [1.54, 1.807) is 60.7 Å². The first-order valence-electron chi connectivity index (χ1n) is 9.22. The van der Waals surface area contributed by atoms with Gasteiger partial charge in [-0.3, -0.25) is 19.3 Å². The Morgan fingerprint density at radius 1 is 0.793 bits per heavy atom. The molecule has 0 radical (unpaired) electrons. The van der Waals surface area contributed by atoms with Crippen LogP contribution in [0.5, 0.6) is 0 Å². The summed E-state index contributed by atoms with van der Waals surface area (Å²) < 4.78 is 5.37. The number of benzene rings is 2. The molecule has 1 N–H and O–H groups in total. The predicted octanol–water partition coefficient (Wildman–Crippen LogP) is 3.64. The van der Waals surface area contributed by atoms with Gasteiger partial charge in [0.25, 0.3) is 0 Å². The summed E-state index contributed by atoms with van der Waals surface area (Å²) in [5.41, 5.74) is 1.48. The zero-order valence-corrected chi connectivity index (χ0v) is 15.7. The fourth-order valence-electron chi connectivity index (χ4n) is 3.16. The molecule has 2 amide bonds. The molecule has 3 rings (SSSR count). The molecule has 0 aliphatic carbocycles. The van der Waals surface area contributed by atoms with Crippen LogP contribution in [0.4, 0.5) is 0 Å². The molecule has 1 atom stereocenters. The van der Waals surface area contributed by atoms with Crippen LogP contribution in [0.1, 0.15) is 29.3 Å². The van der Waals surface area contributed by atoms with Gasteiger partial charge in [0.1, 0.15) is 11.8 Å². The molecule has 1 aromatic heterocycles. The molecular formula is C23H21NO5. The highest BCUT2D eigenvalue weighted by molar-refractivity contribution is 5.98. The van der Waals surface area contributed by atoms with E-state index < -0.39 is 30.2 Å². The van der Waals surface area contributed by atoms with Crippen LogP contribution < -0.4 is 0 Å². The Morgan fingerprint density at radius 2 is 1.31 bits per heavy atom. The number of carbonyl (C=O) groups is 3. The van der Waals surface area contributed by atoms with E-state index in [0.717, 1.165) is 16.0 Å². The summed E-state index contributed by atoms with van der Waals surface area (Å²) in [5, 5.41) is 9.38. The highest BCUT2D eigenvalue weighted by atomic mass is 16.4. The van der Waals surface area contributed by atoms with E-state index in [2.05, 4.69) is 0 Å². The van der Waals surface area contributed by atoms with Crippen molar-refractivity contribution in [3.05, 3.63) is 95.9 Å². The minimum Gasteiger partial charge on any atom is -0.481 e. The zero-order chi connectivity index (χ0) is 20.6. The minimum absolute atomic E-state index is 0.0157. The molecule has 6 nitrogen and oxygen atoms in total. The lowest BCUT2D eigenvalue weighted by Crippen LogP contribution is -2.42. The molecule has 0 fully saturated rings. The summed E-state index contributed by atoms with van der Waals surface area (Å²) >= 11 is 0. The smallest absolute Gasteiger partial charge is 0.305 e. The first-order valence-corrected chi connectivity index (χ1v) is 9.22. The van der Waals surface area contributed by atoms with Crippen molar-refractivity contribution in [3.8, 4) is 0 Å². The van der Waals surface area contributed by atoms with Gasteiger partial charge in [0, 0.05) is 0 Å². The fraction of sp³-hybridized carbons (Fsp3) is 0.174. The number of hydrogen-bond donors (Lipinski definition) is 1. The molecule has 3 aromatic rings.